The van der Waals surface area contributed by atoms with E-state index in [0.29, 0.717) is 31.6 Å². The number of aromatic nitrogens is 2. The quantitative estimate of drug-likeness (QED) is 0.788. The summed E-state index contributed by atoms with van der Waals surface area (Å²) in [4.78, 5) is 26.9. The van der Waals surface area contributed by atoms with E-state index in [1.807, 2.05) is 6.07 Å². The number of likely N-dealkylation sites (tertiary alicyclic amines) is 1. The van der Waals surface area contributed by atoms with Crippen LogP contribution < -0.4 is 5.32 Å². The van der Waals surface area contributed by atoms with Crippen LogP contribution in [0.15, 0.2) is 24.3 Å². The van der Waals surface area contributed by atoms with Crippen LogP contribution in [0.5, 0.6) is 0 Å². The second-order valence-electron chi connectivity index (χ2n) is 8.43. The SMILES string of the molecule is Cc1cc(C)n(-c2ccc(C(F)(F)F)cc2NC(=O)C2CCN(C(=O)C3CC3)CC2)n1. The normalized spacial score (nSPS) is 17.6. The first kappa shape index (κ1) is 21.4. The molecule has 4 rings (SSSR count). The van der Waals surface area contributed by atoms with Crippen molar-refractivity contribution in [3.8, 4) is 5.69 Å². The molecule has 1 saturated carbocycles. The third-order valence-electron chi connectivity index (χ3n) is 5.92. The van der Waals surface area contributed by atoms with Crippen molar-refractivity contribution in [2.75, 3.05) is 18.4 Å². The zero-order valence-corrected chi connectivity index (χ0v) is 17.5. The lowest BCUT2D eigenvalue weighted by Crippen LogP contribution is -2.42. The van der Waals surface area contributed by atoms with Gasteiger partial charge < -0.3 is 10.2 Å². The largest absolute Gasteiger partial charge is 0.416 e. The fourth-order valence-electron chi connectivity index (χ4n) is 4.06. The van der Waals surface area contributed by atoms with Crippen LogP contribution in [0.3, 0.4) is 0 Å². The number of piperidine rings is 1. The Hall–Kier alpha value is -2.84. The predicted molar refractivity (Wildman–Crippen MR) is 109 cm³/mol. The van der Waals surface area contributed by atoms with Gasteiger partial charge in [0.05, 0.1) is 22.6 Å². The number of hydrogen-bond acceptors (Lipinski definition) is 3. The molecule has 166 valence electrons. The number of carbonyl (C=O) groups is 2. The highest BCUT2D eigenvalue weighted by Gasteiger charge is 2.36. The van der Waals surface area contributed by atoms with Crippen LogP contribution in [-0.4, -0.2) is 39.6 Å². The standard InChI is InChI=1S/C22H25F3N4O2/c1-13-11-14(2)29(27-13)19-6-5-17(22(23,24)25)12-18(19)26-20(30)15-7-9-28(10-8-15)21(31)16-3-4-16/h5-6,11-12,15-16H,3-4,7-10H2,1-2H3,(H,26,30). The molecule has 1 saturated heterocycles. The summed E-state index contributed by atoms with van der Waals surface area (Å²) in [7, 11) is 0. The molecule has 0 unspecified atom stereocenters. The van der Waals surface area contributed by atoms with Gasteiger partial charge in [0.1, 0.15) is 0 Å². The van der Waals surface area contributed by atoms with E-state index in [4.69, 9.17) is 0 Å². The van der Waals surface area contributed by atoms with Gasteiger partial charge in [-0.05, 0) is 63.8 Å². The van der Waals surface area contributed by atoms with Gasteiger partial charge in [-0.1, -0.05) is 0 Å². The Bertz CT molecular complexity index is 1000. The molecule has 1 aromatic heterocycles. The predicted octanol–water partition coefficient (Wildman–Crippen LogP) is 4.10. The van der Waals surface area contributed by atoms with Gasteiger partial charge in [-0.3, -0.25) is 9.59 Å². The average Bonchev–Trinajstić information content (AvgIpc) is 3.51. The van der Waals surface area contributed by atoms with E-state index < -0.39 is 11.7 Å². The maximum Gasteiger partial charge on any atom is 0.416 e. The van der Waals surface area contributed by atoms with Gasteiger partial charge in [-0.15, -0.1) is 0 Å². The highest BCUT2D eigenvalue weighted by molar-refractivity contribution is 5.95. The number of anilines is 1. The van der Waals surface area contributed by atoms with Gasteiger partial charge in [0.15, 0.2) is 0 Å². The van der Waals surface area contributed by atoms with Crippen LogP contribution in [0, 0.1) is 25.7 Å². The minimum atomic E-state index is -4.53. The van der Waals surface area contributed by atoms with Crippen LogP contribution in [0.1, 0.15) is 42.6 Å². The lowest BCUT2D eigenvalue weighted by molar-refractivity contribution is -0.137. The summed E-state index contributed by atoms with van der Waals surface area (Å²) in [6.45, 7) is 4.60. The van der Waals surface area contributed by atoms with Gasteiger partial charge in [-0.2, -0.15) is 18.3 Å². The van der Waals surface area contributed by atoms with Crippen molar-refractivity contribution in [3.63, 3.8) is 0 Å². The zero-order chi connectivity index (χ0) is 22.3. The maximum atomic E-state index is 13.3. The van der Waals surface area contributed by atoms with Crippen LogP contribution in [0.25, 0.3) is 5.69 Å². The summed E-state index contributed by atoms with van der Waals surface area (Å²) in [5, 5.41) is 7.05. The van der Waals surface area contributed by atoms with E-state index in [1.54, 1.807) is 18.7 Å². The van der Waals surface area contributed by atoms with Crippen LogP contribution in [0.4, 0.5) is 18.9 Å². The van der Waals surface area contributed by atoms with Crippen molar-refractivity contribution in [3.05, 3.63) is 41.2 Å². The molecule has 2 amide bonds. The lowest BCUT2D eigenvalue weighted by atomic mass is 9.95. The van der Waals surface area contributed by atoms with Crippen molar-refractivity contribution in [2.45, 2.75) is 45.7 Å². The number of benzene rings is 1. The fourth-order valence-corrected chi connectivity index (χ4v) is 4.06. The molecule has 1 aliphatic heterocycles. The number of alkyl halides is 3. The molecule has 2 aliphatic rings. The minimum absolute atomic E-state index is 0.0718. The molecule has 0 spiro atoms. The molecule has 2 heterocycles. The summed E-state index contributed by atoms with van der Waals surface area (Å²) in [5.41, 5.74) is 1.09. The van der Waals surface area contributed by atoms with E-state index in [0.717, 1.165) is 36.4 Å². The first-order chi connectivity index (χ1) is 14.6. The molecule has 31 heavy (non-hydrogen) atoms. The van der Waals surface area contributed by atoms with Crippen LogP contribution in [-0.2, 0) is 15.8 Å². The Balaban J connectivity index is 1.54. The number of rotatable bonds is 4. The van der Waals surface area contributed by atoms with Crippen molar-refractivity contribution in [1.29, 1.82) is 0 Å². The first-order valence-corrected chi connectivity index (χ1v) is 10.5. The van der Waals surface area contributed by atoms with Crippen LogP contribution in [0.2, 0.25) is 0 Å². The number of amides is 2. The van der Waals surface area contributed by atoms with Crippen molar-refractivity contribution < 1.29 is 22.8 Å². The van der Waals surface area contributed by atoms with Gasteiger partial charge in [0.25, 0.3) is 0 Å². The number of aryl methyl sites for hydroxylation is 2. The van der Waals surface area contributed by atoms with Crippen molar-refractivity contribution in [1.82, 2.24) is 14.7 Å². The monoisotopic (exact) mass is 434 g/mol. The molecular weight excluding hydrogens is 409 g/mol. The Morgan fingerprint density at radius 2 is 1.71 bits per heavy atom. The molecule has 9 heteroatoms. The summed E-state index contributed by atoms with van der Waals surface area (Å²) in [5.74, 6) is -0.394. The summed E-state index contributed by atoms with van der Waals surface area (Å²) in [6.07, 6.45) is -1.66. The number of hydrogen-bond donors (Lipinski definition) is 1. The zero-order valence-electron chi connectivity index (χ0n) is 17.5. The van der Waals surface area contributed by atoms with Gasteiger partial charge in [-0.25, -0.2) is 4.68 Å². The molecule has 1 aliphatic carbocycles. The molecular formula is C22H25F3N4O2. The highest BCUT2D eigenvalue weighted by Crippen LogP contribution is 2.35. The smallest absolute Gasteiger partial charge is 0.342 e. The second-order valence-corrected chi connectivity index (χ2v) is 8.43. The molecule has 2 fully saturated rings. The van der Waals surface area contributed by atoms with E-state index in [2.05, 4.69) is 10.4 Å². The lowest BCUT2D eigenvalue weighted by Gasteiger charge is -2.31. The summed E-state index contributed by atoms with van der Waals surface area (Å²) in [6, 6.07) is 5.09. The van der Waals surface area contributed by atoms with E-state index in [-0.39, 0.29) is 29.3 Å². The molecule has 0 bridgehead atoms. The first-order valence-electron chi connectivity index (χ1n) is 10.5. The number of nitrogens with zero attached hydrogens (tertiary/aromatic N) is 3. The number of carbonyl (C=O) groups excluding carboxylic acids is 2. The third-order valence-corrected chi connectivity index (χ3v) is 5.92. The topological polar surface area (TPSA) is 67.2 Å². The van der Waals surface area contributed by atoms with Gasteiger partial charge in [0, 0.05) is 30.6 Å². The van der Waals surface area contributed by atoms with E-state index in [9.17, 15) is 22.8 Å². The Kier molecular flexibility index (Phi) is 5.53. The van der Waals surface area contributed by atoms with E-state index in [1.165, 1.54) is 10.7 Å². The molecule has 0 atom stereocenters. The summed E-state index contributed by atoms with van der Waals surface area (Å²) >= 11 is 0. The van der Waals surface area contributed by atoms with Gasteiger partial charge in [0.2, 0.25) is 11.8 Å². The van der Waals surface area contributed by atoms with Gasteiger partial charge >= 0.3 is 6.18 Å². The Morgan fingerprint density at radius 1 is 1.03 bits per heavy atom. The third kappa shape index (κ3) is 4.60. The van der Waals surface area contributed by atoms with E-state index >= 15 is 0 Å². The molecule has 0 radical (unpaired) electrons. The molecule has 1 aromatic carbocycles. The fraction of sp³-hybridized carbons (Fsp3) is 0.500. The van der Waals surface area contributed by atoms with Crippen molar-refractivity contribution in [2.24, 2.45) is 11.8 Å². The number of nitrogens with one attached hydrogen (secondary N) is 1. The van der Waals surface area contributed by atoms with Crippen molar-refractivity contribution >= 4 is 17.5 Å². The molecule has 6 nitrogen and oxygen atoms in total. The maximum absolute atomic E-state index is 13.3. The highest BCUT2D eigenvalue weighted by atomic mass is 19.4. The average molecular weight is 434 g/mol. The Morgan fingerprint density at radius 3 is 2.26 bits per heavy atom. The molecule has 2 aromatic rings. The number of halogens is 3. The minimum Gasteiger partial charge on any atom is -0.342 e. The summed E-state index contributed by atoms with van der Waals surface area (Å²) < 4.78 is 41.4. The molecule has 1 N–H and O–H groups in total. The second kappa shape index (κ2) is 8.01. The Labute approximate surface area is 178 Å². The van der Waals surface area contributed by atoms with Crippen LogP contribution >= 0.6 is 0 Å².